The summed E-state index contributed by atoms with van der Waals surface area (Å²) in [5.74, 6) is 0.975. The van der Waals surface area contributed by atoms with E-state index in [1.807, 2.05) is 0 Å². The van der Waals surface area contributed by atoms with Gasteiger partial charge in [-0.05, 0) is 56.0 Å². The zero-order valence-corrected chi connectivity index (χ0v) is 13.0. The summed E-state index contributed by atoms with van der Waals surface area (Å²) >= 11 is 0. The van der Waals surface area contributed by atoms with Gasteiger partial charge in [0.05, 0.1) is 7.11 Å². The second kappa shape index (κ2) is 6.92. The smallest absolute Gasteiger partial charge is 0.123 e. The van der Waals surface area contributed by atoms with Gasteiger partial charge in [-0.1, -0.05) is 19.9 Å². The van der Waals surface area contributed by atoms with Crippen LogP contribution in [0.15, 0.2) is 12.1 Å². The number of ether oxygens (including phenoxy) is 1. The molecular weight excluding hydrogens is 236 g/mol. The van der Waals surface area contributed by atoms with E-state index in [1.165, 1.54) is 16.7 Å². The van der Waals surface area contributed by atoms with Crippen molar-refractivity contribution in [2.75, 3.05) is 20.2 Å². The molecule has 0 aliphatic rings. The molecule has 3 heteroatoms. The van der Waals surface area contributed by atoms with Crippen molar-refractivity contribution < 1.29 is 4.74 Å². The van der Waals surface area contributed by atoms with Gasteiger partial charge in [-0.2, -0.15) is 0 Å². The monoisotopic (exact) mass is 264 g/mol. The molecule has 0 aliphatic heterocycles. The van der Waals surface area contributed by atoms with Gasteiger partial charge in [0.1, 0.15) is 5.75 Å². The van der Waals surface area contributed by atoms with Gasteiger partial charge in [-0.25, -0.2) is 0 Å². The first kappa shape index (κ1) is 16.0. The SMILES string of the molecule is COc1cc(C)cc(C)c1CNCCC(C)(C)CN. The van der Waals surface area contributed by atoms with Crippen molar-refractivity contribution >= 4 is 0 Å². The second-order valence-corrected chi connectivity index (χ2v) is 6.06. The number of hydrogen-bond acceptors (Lipinski definition) is 3. The number of aryl methyl sites for hydroxylation is 2. The molecule has 0 heterocycles. The molecule has 0 fully saturated rings. The number of methoxy groups -OCH3 is 1. The molecule has 0 aliphatic carbocycles. The van der Waals surface area contributed by atoms with Crippen molar-refractivity contribution in [2.45, 2.75) is 40.7 Å². The number of hydrogen-bond donors (Lipinski definition) is 2. The molecule has 0 atom stereocenters. The van der Waals surface area contributed by atoms with E-state index in [2.05, 4.69) is 45.1 Å². The van der Waals surface area contributed by atoms with Gasteiger partial charge < -0.3 is 15.8 Å². The van der Waals surface area contributed by atoms with E-state index < -0.39 is 0 Å². The molecule has 1 aromatic rings. The minimum Gasteiger partial charge on any atom is -0.496 e. The molecule has 0 radical (unpaired) electrons. The lowest BCUT2D eigenvalue weighted by Crippen LogP contribution is -2.28. The highest BCUT2D eigenvalue weighted by Gasteiger charge is 2.14. The molecule has 1 rings (SSSR count). The topological polar surface area (TPSA) is 47.3 Å². The summed E-state index contributed by atoms with van der Waals surface area (Å²) in [6.45, 7) is 11.2. The quantitative estimate of drug-likeness (QED) is 0.744. The fourth-order valence-electron chi connectivity index (χ4n) is 2.11. The molecule has 0 amide bonds. The van der Waals surface area contributed by atoms with E-state index in [9.17, 15) is 0 Å². The van der Waals surface area contributed by atoms with Crippen molar-refractivity contribution in [2.24, 2.45) is 11.1 Å². The summed E-state index contributed by atoms with van der Waals surface area (Å²) in [4.78, 5) is 0. The van der Waals surface area contributed by atoms with Crippen LogP contribution in [0.1, 0.15) is 37.0 Å². The van der Waals surface area contributed by atoms with E-state index in [4.69, 9.17) is 10.5 Å². The third-order valence-corrected chi connectivity index (χ3v) is 3.63. The Hall–Kier alpha value is -1.06. The molecular formula is C16H28N2O. The lowest BCUT2D eigenvalue weighted by atomic mass is 9.90. The first-order valence-corrected chi connectivity index (χ1v) is 6.94. The number of rotatable bonds is 7. The summed E-state index contributed by atoms with van der Waals surface area (Å²) in [6.07, 6.45) is 1.08. The van der Waals surface area contributed by atoms with Crippen LogP contribution in [-0.4, -0.2) is 20.2 Å². The molecule has 0 saturated heterocycles. The average Bonchev–Trinajstić information content (AvgIpc) is 2.35. The zero-order valence-electron chi connectivity index (χ0n) is 13.0. The molecule has 0 bridgehead atoms. The summed E-state index contributed by atoms with van der Waals surface area (Å²) < 4.78 is 5.47. The molecule has 3 N–H and O–H groups in total. The van der Waals surface area contributed by atoms with Gasteiger partial charge in [0, 0.05) is 12.1 Å². The van der Waals surface area contributed by atoms with Crippen LogP contribution in [0.5, 0.6) is 5.75 Å². The highest BCUT2D eigenvalue weighted by molar-refractivity contribution is 5.42. The Balaban J connectivity index is 2.58. The third-order valence-electron chi connectivity index (χ3n) is 3.63. The van der Waals surface area contributed by atoms with Crippen LogP contribution >= 0.6 is 0 Å². The van der Waals surface area contributed by atoms with Crippen molar-refractivity contribution in [1.29, 1.82) is 0 Å². The summed E-state index contributed by atoms with van der Waals surface area (Å²) in [5, 5.41) is 3.49. The Morgan fingerprint density at radius 3 is 2.53 bits per heavy atom. The molecule has 0 spiro atoms. The van der Waals surface area contributed by atoms with E-state index in [0.717, 1.165) is 31.8 Å². The maximum Gasteiger partial charge on any atom is 0.123 e. The summed E-state index contributed by atoms with van der Waals surface area (Å²) in [6, 6.07) is 4.29. The highest BCUT2D eigenvalue weighted by atomic mass is 16.5. The van der Waals surface area contributed by atoms with E-state index in [0.29, 0.717) is 0 Å². The predicted octanol–water partition coefficient (Wildman–Crippen LogP) is 2.78. The van der Waals surface area contributed by atoms with Crippen LogP contribution in [-0.2, 0) is 6.54 Å². The Kier molecular flexibility index (Phi) is 5.83. The average molecular weight is 264 g/mol. The fraction of sp³-hybridized carbons (Fsp3) is 0.625. The highest BCUT2D eigenvalue weighted by Crippen LogP contribution is 2.24. The van der Waals surface area contributed by atoms with Crippen molar-refractivity contribution in [3.05, 3.63) is 28.8 Å². The normalized spacial score (nSPS) is 11.7. The molecule has 3 nitrogen and oxygen atoms in total. The largest absolute Gasteiger partial charge is 0.496 e. The van der Waals surface area contributed by atoms with Crippen LogP contribution in [0, 0.1) is 19.3 Å². The van der Waals surface area contributed by atoms with Gasteiger partial charge in [0.15, 0.2) is 0 Å². The first-order valence-electron chi connectivity index (χ1n) is 6.94. The van der Waals surface area contributed by atoms with Crippen LogP contribution in [0.25, 0.3) is 0 Å². The number of benzene rings is 1. The molecule has 108 valence electrons. The van der Waals surface area contributed by atoms with Crippen molar-refractivity contribution in [1.82, 2.24) is 5.32 Å². The van der Waals surface area contributed by atoms with E-state index in [1.54, 1.807) is 7.11 Å². The Morgan fingerprint density at radius 1 is 1.26 bits per heavy atom. The number of nitrogens with one attached hydrogen (secondary N) is 1. The van der Waals surface area contributed by atoms with Gasteiger partial charge >= 0.3 is 0 Å². The summed E-state index contributed by atoms with van der Waals surface area (Å²) in [5.41, 5.74) is 9.71. The van der Waals surface area contributed by atoms with Crippen LogP contribution in [0.4, 0.5) is 0 Å². The van der Waals surface area contributed by atoms with Crippen LogP contribution < -0.4 is 15.8 Å². The Morgan fingerprint density at radius 2 is 1.95 bits per heavy atom. The molecule has 1 aromatic carbocycles. The van der Waals surface area contributed by atoms with E-state index >= 15 is 0 Å². The maximum absolute atomic E-state index is 5.74. The van der Waals surface area contributed by atoms with Gasteiger partial charge in [-0.3, -0.25) is 0 Å². The van der Waals surface area contributed by atoms with Crippen LogP contribution in [0.3, 0.4) is 0 Å². The zero-order chi connectivity index (χ0) is 14.5. The lowest BCUT2D eigenvalue weighted by molar-refractivity contribution is 0.338. The Bertz CT molecular complexity index is 413. The van der Waals surface area contributed by atoms with Gasteiger partial charge in [0.2, 0.25) is 0 Å². The minimum absolute atomic E-state index is 0.208. The Labute approximate surface area is 117 Å². The second-order valence-electron chi connectivity index (χ2n) is 6.06. The maximum atomic E-state index is 5.74. The van der Waals surface area contributed by atoms with Gasteiger partial charge in [-0.15, -0.1) is 0 Å². The first-order chi connectivity index (χ1) is 8.89. The van der Waals surface area contributed by atoms with E-state index in [-0.39, 0.29) is 5.41 Å². The molecule has 0 aromatic heterocycles. The van der Waals surface area contributed by atoms with Crippen molar-refractivity contribution in [3.63, 3.8) is 0 Å². The molecule has 0 unspecified atom stereocenters. The van der Waals surface area contributed by atoms with Gasteiger partial charge in [0.25, 0.3) is 0 Å². The third kappa shape index (κ3) is 4.84. The lowest BCUT2D eigenvalue weighted by Gasteiger charge is -2.22. The fourth-order valence-corrected chi connectivity index (χ4v) is 2.11. The molecule has 19 heavy (non-hydrogen) atoms. The predicted molar refractivity (Wildman–Crippen MR) is 81.6 cm³/mol. The van der Waals surface area contributed by atoms with Crippen LogP contribution in [0.2, 0.25) is 0 Å². The number of nitrogens with two attached hydrogens (primary N) is 1. The molecule has 0 saturated carbocycles. The minimum atomic E-state index is 0.208. The standard InChI is InChI=1S/C16H28N2O/c1-12-8-13(2)14(15(9-12)19-5)10-18-7-6-16(3,4)11-17/h8-9,18H,6-7,10-11,17H2,1-5H3. The summed E-state index contributed by atoms with van der Waals surface area (Å²) in [7, 11) is 1.73. The van der Waals surface area contributed by atoms with Crippen molar-refractivity contribution in [3.8, 4) is 5.75 Å².